The molecule has 0 unspecified atom stereocenters. The lowest BCUT2D eigenvalue weighted by atomic mass is 9.87. The predicted molar refractivity (Wildman–Crippen MR) is 121 cm³/mol. The first kappa shape index (κ1) is 19.7. The molecule has 0 radical (unpaired) electrons. The number of pyridine rings is 1. The van der Waals surface area contributed by atoms with E-state index in [1.807, 2.05) is 13.1 Å². The Morgan fingerprint density at radius 2 is 2.03 bits per heavy atom. The van der Waals surface area contributed by atoms with Gasteiger partial charge in [-0.25, -0.2) is 0 Å². The Kier molecular flexibility index (Phi) is 4.95. The third-order valence-corrected chi connectivity index (χ3v) is 6.56. The molecule has 0 saturated carbocycles. The number of H-pyrrole nitrogens is 1. The zero-order valence-corrected chi connectivity index (χ0v) is 18.3. The van der Waals surface area contributed by atoms with Crippen LogP contribution in [-0.2, 0) is 0 Å². The minimum absolute atomic E-state index is 0.376. The zero-order valence-electron chi connectivity index (χ0n) is 18.3. The molecule has 0 aliphatic carbocycles. The second-order valence-corrected chi connectivity index (χ2v) is 8.94. The average molecular weight is 414 g/mol. The van der Waals surface area contributed by atoms with E-state index in [0.717, 1.165) is 48.4 Å². The highest BCUT2D eigenvalue weighted by atomic mass is 15.5. The monoisotopic (exact) mass is 413 g/mol. The van der Waals surface area contributed by atoms with Gasteiger partial charge in [0.1, 0.15) is 0 Å². The van der Waals surface area contributed by atoms with Gasteiger partial charge in [-0.3, -0.25) is 4.90 Å². The molecule has 5 rings (SSSR count). The summed E-state index contributed by atoms with van der Waals surface area (Å²) in [5.74, 6) is 0.930. The summed E-state index contributed by atoms with van der Waals surface area (Å²) < 4.78 is 1.75. The minimum Gasteiger partial charge on any atom is -0.354 e. The maximum atomic E-state index is 8.95. The molecule has 0 amide bonds. The third-order valence-electron chi connectivity index (χ3n) is 6.56. The molecule has 0 spiro atoms. The molecular formula is C24H27N7. The van der Waals surface area contributed by atoms with Crippen molar-refractivity contribution in [2.45, 2.75) is 45.4 Å². The molecule has 1 aliphatic heterocycles. The summed E-state index contributed by atoms with van der Waals surface area (Å²) in [5.41, 5.74) is 8.00. The van der Waals surface area contributed by atoms with Crippen LogP contribution in [0.15, 0.2) is 30.5 Å². The van der Waals surface area contributed by atoms with Crippen molar-refractivity contribution in [2.24, 2.45) is 0 Å². The second kappa shape index (κ2) is 7.78. The van der Waals surface area contributed by atoms with E-state index in [4.69, 9.17) is 5.26 Å². The first-order valence-corrected chi connectivity index (χ1v) is 11.0. The van der Waals surface area contributed by atoms with Crippen LogP contribution in [0.3, 0.4) is 0 Å². The number of tetrazole rings is 1. The molecule has 7 nitrogen and oxygen atoms in total. The van der Waals surface area contributed by atoms with Crippen molar-refractivity contribution in [1.29, 1.82) is 5.26 Å². The Hall–Kier alpha value is -3.24. The van der Waals surface area contributed by atoms with Crippen molar-refractivity contribution in [2.75, 3.05) is 19.6 Å². The van der Waals surface area contributed by atoms with Gasteiger partial charge in [0.25, 0.3) is 0 Å². The number of hydrogen-bond acceptors (Lipinski definition) is 5. The van der Waals surface area contributed by atoms with Gasteiger partial charge in [-0.15, -0.1) is 5.10 Å². The topological polar surface area (TPSA) is 85.9 Å². The summed E-state index contributed by atoms with van der Waals surface area (Å²) in [4.78, 5) is 5.92. The smallest absolute Gasteiger partial charge is 0.182 e. The van der Waals surface area contributed by atoms with Crippen LogP contribution in [0, 0.1) is 18.3 Å². The Bertz CT molecular complexity index is 1280. The highest BCUT2D eigenvalue weighted by molar-refractivity contribution is 5.92. The molecule has 7 heteroatoms. The highest BCUT2D eigenvalue weighted by Gasteiger charge is 2.23. The highest BCUT2D eigenvalue weighted by Crippen LogP contribution is 2.38. The number of benzene rings is 1. The maximum Gasteiger partial charge on any atom is 0.182 e. The molecule has 31 heavy (non-hydrogen) atoms. The molecule has 158 valence electrons. The van der Waals surface area contributed by atoms with Gasteiger partial charge < -0.3 is 4.98 Å². The molecular weight excluding hydrogens is 386 g/mol. The van der Waals surface area contributed by atoms with E-state index in [2.05, 4.69) is 69.6 Å². The zero-order chi connectivity index (χ0) is 21.5. The number of rotatable bonds is 4. The fourth-order valence-corrected chi connectivity index (χ4v) is 4.98. The number of nitrogens with zero attached hydrogens (tertiary/aromatic N) is 6. The van der Waals surface area contributed by atoms with E-state index in [1.165, 1.54) is 22.0 Å². The average Bonchev–Trinajstić information content (AvgIpc) is 3.39. The summed E-state index contributed by atoms with van der Waals surface area (Å²) in [6.45, 7) is 9.08. The van der Waals surface area contributed by atoms with Crippen LogP contribution >= 0.6 is 0 Å². The van der Waals surface area contributed by atoms with E-state index in [9.17, 15) is 0 Å². The molecule has 1 aromatic carbocycles. The minimum atomic E-state index is 0.376. The lowest BCUT2D eigenvalue weighted by Crippen LogP contribution is -2.33. The molecule has 1 N–H and O–H groups in total. The summed E-state index contributed by atoms with van der Waals surface area (Å²) in [6, 6.07) is 11.3. The number of piperidine rings is 1. The summed E-state index contributed by atoms with van der Waals surface area (Å²) >= 11 is 0. The number of aromatic amines is 1. The SMILES string of the molecule is Cc1cc(-c2[nH]c3ccc(C4CCN(CC#N)CC4)cc3c2C(C)C)cn2nnnc12. The van der Waals surface area contributed by atoms with Gasteiger partial charge in [-0.05, 0) is 90.0 Å². The fourth-order valence-electron chi connectivity index (χ4n) is 4.98. The molecule has 1 saturated heterocycles. The van der Waals surface area contributed by atoms with Gasteiger partial charge in [0, 0.05) is 22.7 Å². The largest absolute Gasteiger partial charge is 0.354 e. The van der Waals surface area contributed by atoms with Gasteiger partial charge >= 0.3 is 0 Å². The van der Waals surface area contributed by atoms with Crippen molar-refractivity contribution in [3.05, 3.63) is 47.2 Å². The first-order valence-electron chi connectivity index (χ1n) is 11.0. The van der Waals surface area contributed by atoms with Crippen LogP contribution in [0.4, 0.5) is 0 Å². The van der Waals surface area contributed by atoms with Crippen LogP contribution < -0.4 is 0 Å². The van der Waals surface area contributed by atoms with E-state index >= 15 is 0 Å². The summed E-state index contributed by atoms with van der Waals surface area (Å²) in [6.07, 6.45) is 4.22. The molecule has 4 heterocycles. The van der Waals surface area contributed by atoms with Gasteiger partial charge in [0.15, 0.2) is 5.65 Å². The quantitative estimate of drug-likeness (QED) is 0.501. The van der Waals surface area contributed by atoms with Crippen LogP contribution in [0.1, 0.15) is 55.2 Å². The number of nitrogens with one attached hydrogen (secondary N) is 1. The molecule has 1 aliphatic rings. The number of aryl methyl sites for hydroxylation is 1. The lowest BCUT2D eigenvalue weighted by molar-refractivity contribution is 0.235. The second-order valence-electron chi connectivity index (χ2n) is 8.94. The molecule has 0 bridgehead atoms. The predicted octanol–water partition coefficient (Wildman–Crippen LogP) is 4.41. The van der Waals surface area contributed by atoms with E-state index in [1.54, 1.807) is 4.52 Å². The van der Waals surface area contributed by atoms with Crippen molar-refractivity contribution >= 4 is 16.6 Å². The number of hydrogen-bond donors (Lipinski definition) is 1. The Labute approximate surface area is 181 Å². The normalized spacial score (nSPS) is 15.8. The molecule has 0 atom stereocenters. The first-order chi connectivity index (χ1) is 15.0. The number of likely N-dealkylation sites (tertiary alicyclic amines) is 1. The van der Waals surface area contributed by atoms with Crippen LogP contribution in [0.25, 0.3) is 27.8 Å². The number of aromatic nitrogens is 5. The number of nitriles is 1. The van der Waals surface area contributed by atoms with Crippen LogP contribution in [0.2, 0.25) is 0 Å². The fraction of sp³-hybridized carbons (Fsp3) is 0.417. The van der Waals surface area contributed by atoms with E-state index in [0.29, 0.717) is 18.4 Å². The van der Waals surface area contributed by atoms with Gasteiger partial charge in [-0.1, -0.05) is 19.9 Å². The van der Waals surface area contributed by atoms with Gasteiger partial charge in [0.05, 0.1) is 18.3 Å². The van der Waals surface area contributed by atoms with Crippen LogP contribution in [0.5, 0.6) is 0 Å². The van der Waals surface area contributed by atoms with E-state index < -0.39 is 0 Å². The Morgan fingerprint density at radius 1 is 1.23 bits per heavy atom. The van der Waals surface area contributed by atoms with Gasteiger partial charge in [-0.2, -0.15) is 9.78 Å². The third kappa shape index (κ3) is 3.47. The van der Waals surface area contributed by atoms with Crippen molar-refractivity contribution in [1.82, 2.24) is 29.9 Å². The van der Waals surface area contributed by atoms with Crippen molar-refractivity contribution < 1.29 is 0 Å². The molecule has 3 aromatic heterocycles. The Morgan fingerprint density at radius 3 is 2.77 bits per heavy atom. The number of fused-ring (bicyclic) bond motifs is 2. The Balaban J connectivity index is 1.56. The van der Waals surface area contributed by atoms with E-state index in [-0.39, 0.29) is 0 Å². The maximum absolute atomic E-state index is 8.95. The molecule has 1 fully saturated rings. The van der Waals surface area contributed by atoms with Crippen LogP contribution in [-0.4, -0.2) is 49.6 Å². The summed E-state index contributed by atoms with van der Waals surface area (Å²) in [7, 11) is 0. The summed E-state index contributed by atoms with van der Waals surface area (Å²) in [5, 5.41) is 22.3. The lowest BCUT2D eigenvalue weighted by Gasteiger charge is -2.30. The standard InChI is InChI=1S/C24H27N7/c1-15(2)22-20-13-18(17-6-9-30(10-7-17)11-8-25)4-5-21(20)26-23(22)19-12-16(3)24-27-28-29-31(24)14-19/h4-5,12-15,17,26H,6-7,9-11H2,1-3H3. The van der Waals surface area contributed by atoms with Crippen molar-refractivity contribution in [3.63, 3.8) is 0 Å². The van der Waals surface area contributed by atoms with Crippen molar-refractivity contribution in [3.8, 4) is 17.3 Å². The van der Waals surface area contributed by atoms with Gasteiger partial charge in [0.2, 0.25) is 0 Å². The molecule has 4 aromatic rings.